The average molecular weight is 248 g/mol. The second kappa shape index (κ2) is 4.02. The van der Waals surface area contributed by atoms with Crippen LogP contribution in [0.3, 0.4) is 0 Å². The fourth-order valence-corrected chi connectivity index (χ4v) is 2.54. The lowest BCUT2D eigenvalue weighted by molar-refractivity contribution is 0.497. The fourth-order valence-electron chi connectivity index (χ4n) is 2.54. The SMILES string of the molecule is c1ccc(Cc2coc3oc4ccccc4c23)cc1. The van der Waals surface area contributed by atoms with Crippen LogP contribution in [0.25, 0.3) is 22.1 Å². The van der Waals surface area contributed by atoms with Gasteiger partial charge in [-0.3, -0.25) is 0 Å². The highest BCUT2D eigenvalue weighted by Gasteiger charge is 2.14. The average Bonchev–Trinajstić information content (AvgIpc) is 3.00. The summed E-state index contributed by atoms with van der Waals surface area (Å²) in [5.41, 5.74) is 3.33. The molecule has 2 heteroatoms. The number of para-hydroxylation sites is 1. The van der Waals surface area contributed by atoms with Gasteiger partial charge in [0.15, 0.2) is 0 Å². The number of fused-ring (bicyclic) bond motifs is 3. The standard InChI is InChI=1S/C17H12O2/c1-2-6-12(7-3-1)10-13-11-18-17-16(13)14-8-4-5-9-15(14)19-17/h1-9,11H,10H2. The third-order valence-corrected chi connectivity index (χ3v) is 3.43. The van der Waals surface area contributed by atoms with Crippen LogP contribution in [-0.2, 0) is 6.42 Å². The third kappa shape index (κ3) is 1.65. The van der Waals surface area contributed by atoms with Crippen molar-refractivity contribution >= 4 is 22.1 Å². The number of hydrogen-bond donors (Lipinski definition) is 0. The Morgan fingerprint density at radius 1 is 0.842 bits per heavy atom. The first-order chi connectivity index (χ1) is 9.42. The van der Waals surface area contributed by atoms with E-state index in [0.717, 1.165) is 22.8 Å². The molecule has 0 aliphatic rings. The Hall–Kier alpha value is -2.48. The van der Waals surface area contributed by atoms with Gasteiger partial charge in [-0.2, -0.15) is 0 Å². The van der Waals surface area contributed by atoms with Gasteiger partial charge in [0.25, 0.3) is 5.78 Å². The Balaban J connectivity index is 1.90. The molecule has 2 aromatic carbocycles. The molecular formula is C17H12O2. The van der Waals surface area contributed by atoms with Crippen LogP contribution in [0.15, 0.2) is 69.7 Å². The van der Waals surface area contributed by atoms with Gasteiger partial charge in [0.1, 0.15) is 5.58 Å². The van der Waals surface area contributed by atoms with E-state index in [0.29, 0.717) is 5.78 Å². The summed E-state index contributed by atoms with van der Waals surface area (Å²) in [6.45, 7) is 0. The molecule has 0 radical (unpaired) electrons. The van der Waals surface area contributed by atoms with Gasteiger partial charge in [0.05, 0.1) is 11.6 Å². The van der Waals surface area contributed by atoms with Crippen molar-refractivity contribution in [3.05, 3.63) is 72.0 Å². The Bertz CT molecular complexity index is 837. The van der Waals surface area contributed by atoms with Gasteiger partial charge >= 0.3 is 0 Å². The molecule has 92 valence electrons. The molecule has 4 aromatic rings. The summed E-state index contributed by atoms with van der Waals surface area (Å²) >= 11 is 0. The zero-order valence-electron chi connectivity index (χ0n) is 10.3. The predicted octanol–water partition coefficient (Wildman–Crippen LogP) is 4.77. The molecule has 0 N–H and O–H groups in total. The van der Waals surface area contributed by atoms with Crippen LogP contribution in [0.1, 0.15) is 11.1 Å². The molecule has 19 heavy (non-hydrogen) atoms. The highest BCUT2D eigenvalue weighted by atomic mass is 16.5. The van der Waals surface area contributed by atoms with Gasteiger partial charge in [0.2, 0.25) is 0 Å². The summed E-state index contributed by atoms with van der Waals surface area (Å²) in [5, 5.41) is 2.22. The highest BCUT2D eigenvalue weighted by Crippen LogP contribution is 2.33. The molecule has 4 rings (SSSR count). The lowest BCUT2D eigenvalue weighted by Gasteiger charge is -1.98. The summed E-state index contributed by atoms with van der Waals surface area (Å²) in [5.74, 6) is 0.618. The van der Waals surface area contributed by atoms with Crippen LogP contribution in [0.2, 0.25) is 0 Å². The zero-order chi connectivity index (χ0) is 12.7. The van der Waals surface area contributed by atoms with Gasteiger partial charge in [-0.25, -0.2) is 0 Å². The van der Waals surface area contributed by atoms with Crippen molar-refractivity contribution in [2.45, 2.75) is 6.42 Å². The van der Waals surface area contributed by atoms with E-state index in [1.165, 1.54) is 11.1 Å². The molecule has 2 aromatic heterocycles. The van der Waals surface area contributed by atoms with Crippen LogP contribution >= 0.6 is 0 Å². The lowest BCUT2D eigenvalue weighted by Crippen LogP contribution is -1.85. The second-order valence-electron chi connectivity index (χ2n) is 4.68. The molecule has 0 atom stereocenters. The van der Waals surface area contributed by atoms with E-state index >= 15 is 0 Å². The Labute approximate surface area is 110 Å². The maximum atomic E-state index is 5.70. The normalized spacial score (nSPS) is 11.4. The quantitative estimate of drug-likeness (QED) is 0.510. The molecule has 0 aliphatic heterocycles. The molecule has 2 nitrogen and oxygen atoms in total. The molecule has 2 heterocycles. The van der Waals surface area contributed by atoms with Gasteiger partial charge in [0, 0.05) is 17.4 Å². The Morgan fingerprint density at radius 2 is 1.63 bits per heavy atom. The molecule has 0 bridgehead atoms. The Morgan fingerprint density at radius 3 is 2.53 bits per heavy atom. The Kier molecular flexibility index (Phi) is 2.21. The summed E-state index contributed by atoms with van der Waals surface area (Å²) in [6.07, 6.45) is 2.66. The summed E-state index contributed by atoms with van der Waals surface area (Å²) in [7, 11) is 0. The van der Waals surface area contributed by atoms with Crippen molar-refractivity contribution in [1.82, 2.24) is 0 Å². The maximum Gasteiger partial charge on any atom is 0.298 e. The van der Waals surface area contributed by atoms with Crippen LogP contribution < -0.4 is 0 Å². The van der Waals surface area contributed by atoms with E-state index < -0.39 is 0 Å². The third-order valence-electron chi connectivity index (χ3n) is 3.43. The van der Waals surface area contributed by atoms with Crippen LogP contribution in [0.4, 0.5) is 0 Å². The van der Waals surface area contributed by atoms with Crippen molar-refractivity contribution in [2.24, 2.45) is 0 Å². The minimum Gasteiger partial charge on any atom is -0.433 e. The molecular weight excluding hydrogens is 236 g/mol. The minimum atomic E-state index is 0.618. The number of rotatable bonds is 2. The van der Waals surface area contributed by atoms with E-state index in [9.17, 15) is 0 Å². The first kappa shape index (κ1) is 10.4. The highest BCUT2D eigenvalue weighted by molar-refractivity contribution is 6.05. The van der Waals surface area contributed by atoms with Gasteiger partial charge < -0.3 is 8.83 Å². The fraction of sp³-hybridized carbons (Fsp3) is 0.0588. The van der Waals surface area contributed by atoms with Crippen molar-refractivity contribution in [3.63, 3.8) is 0 Å². The van der Waals surface area contributed by atoms with E-state index in [2.05, 4.69) is 30.3 Å². The molecule has 0 amide bonds. The minimum absolute atomic E-state index is 0.618. The van der Waals surface area contributed by atoms with Gasteiger partial charge in [-0.1, -0.05) is 48.5 Å². The first-order valence-electron chi connectivity index (χ1n) is 6.33. The maximum absolute atomic E-state index is 5.70. The van der Waals surface area contributed by atoms with Crippen molar-refractivity contribution < 1.29 is 8.83 Å². The van der Waals surface area contributed by atoms with Crippen molar-refractivity contribution in [2.75, 3.05) is 0 Å². The number of hydrogen-bond acceptors (Lipinski definition) is 2. The molecule has 0 spiro atoms. The van der Waals surface area contributed by atoms with Crippen LogP contribution in [0.5, 0.6) is 0 Å². The topological polar surface area (TPSA) is 26.3 Å². The van der Waals surface area contributed by atoms with E-state index in [1.807, 2.05) is 24.3 Å². The summed E-state index contributed by atoms with van der Waals surface area (Å²) in [4.78, 5) is 0. The molecule has 0 aliphatic carbocycles. The summed E-state index contributed by atoms with van der Waals surface area (Å²) < 4.78 is 11.2. The van der Waals surface area contributed by atoms with E-state index in [1.54, 1.807) is 6.26 Å². The van der Waals surface area contributed by atoms with E-state index in [4.69, 9.17) is 8.83 Å². The molecule has 0 unspecified atom stereocenters. The molecule has 0 fully saturated rings. The number of furan rings is 2. The van der Waals surface area contributed by atoms with Gasteiger partial charge in [-0.05, 0) is 11.6 Å². The van der Waals surface area contributed by atoms with Crippen molar-refractivity contribution in [1.29, 1.82) is 0 Å². The second-order valence-corrected chi connectivity index (χ2v) is 4.68. The lowest BCUT2D eigenvalue weighted by atomic mass is 10.0. The largest absolute Gasteiger partial charge is 0.433 e. The summed E-state index contributed by atoms with van der Waals surface area (Å²) in [6, 6.07) is 18.4. The smallest absolute Gasteiger partial charge is 0.298 e. The first-order valence-corrected chi connectivity index (χ1v) is 6.33. The van der Waals surface area contributed by atoms with Crippen LogP contribution in [-0.4, -0.2) is 0 Å². The van der Waals surface area contributed by atoms with Gasteiger partial charge in [-0.15, -0.1) is 0 Å². The number of benzene rings is 2. The molecule has 0 saturated carbocycles. The van der Waals surface area contributed by atoms with Crippen molar-refractivity contribution in [3.8, 4) is 0 Å². The predicted molar refractivity (Wildman–Crippen MR) is 75.2 cm³/mol. The zero-order valence-corrected chi connectivity index (χ0v) is 10.3. The monoisotopic (exact) mass is 248 g/mol. The van der Waals surface area contributed by atoms with Crippen LogP contribution in [0, 0.1) is 0 Å². The molecule has 0 saturated heterocycles. The van der Waals surface area contributed by atoms with E-state index in [-0.39, 0.29) is 0 Å².